The van der Waals surface area contributed by atoms with Crippen molar-refractivity contribution in [2.75, 3.05) is 45.9 Å². The number of piperidine rings is 1. The van der Waals surface area contributed by atoms with Crippen molar-refractivity contribution in [2.24, 2.45) is 11.8 Å². The minimum Gasteiger partial charge on any atom is -0.465 e. The highest BCUT2D eigenvalue weighted by Crippen LogP contribution is 2.27. The zero-order valence-corrected chi connectivity index (χ0v) is 23.8. The number of likely N-dealkylation sites (tertiary alicyclic amines) is 1. The van der Waals surface area contributed by atoms with Gasteiger partial charge in [-0.1, -0.05) is 56.3 Å². The van der Waals surface area contributed by atoms with Crippen molar-refractivity contribution in [2.45, 2.75) is 39.3 Å². The molecule has 0 bridgehead atoms. The third-order valence-corrected chi connectivity index (χ3v) is 7.95. The molecule has 0 radical (unpaired) electrons. The van der Waals surface area contributed by atoms with Crippen LogP contribution in [0, 0.1) is 11.8 Å². The number of benzene rings is 2. The van der Waals surface area contributed by atoms with Crippen molar-refractivity contribution in [3.63, 3.8) is 0 Å². The van der Waals surface area contributed by atoms with Gasteiger partial charge in [0, 0.05) is 39.3 Å². The van der Waals surface area contributed by atoms with Crippen molar-refractivity contribution < 1.29 is 24.2 Å². The number of imidazole rings is 1. The van der Waals surface area contributed by atoms with E-state index in [4.69, 9.17) is 9.72 Å². The van der Waals surface area contributed by atoms with Gasteiger partial charge in [0.1, 0.15) is 0 Å². The fraction of sp³-hybridized carbons (Fsp3) is 0.484. The summed E-state index contributed by atoms with van der Waals surface area (Å²) in [4.78, 5) is 49.6. The summed E-state index contributed by atoms with van der Waals surface area (Å²) in [6.45, 7) is 7.29. The van der Waals surface area contributed by atoms with E-state index >= 15 is 0 Å². The molecule has 5 rings (SSSR count). The summed E-state index contributed by atoms with van der Waals surface area (Å²) in [7, 11) is 0. The van der Waals surface area contributed by atoms with Gasteiger partial charge in [-0.05, 0) is 36.5 Å². The Bertz CT molecular complexity index is 1370. The maximum atomic E-state index is 14.4. The molecular weight excluding hydrogens is 522 g/mol. The zero-order valence-electron chi connectivity index (χ0n) is 23.8. The SMILES string of the molecule is CC(C)CN(C(=O)c1nc2ccccc2n1CCc1ccccc1)[C@H]1C[C@@H](C(=O)N2CCOCC2)CN(C(=O)O)C1. The van der Waals surface area contributed by atoms with Crippen LogP contribution in [0.1, 0.15) is 36.5 Å². The Kier molecular flexibility index (Phi) is 8.87. The first-order valence-electron chi connectivity index (χ1n) is 14.5. The molecule has 2 fully saturated rings. The van der Waals surface area contributed by atoms with E-state index in [-0.39, 0.29) is 30.8 Å². The molecule has 2 saturated heterocycles. The number of carbonyl (C=O) groups excluding carboxylic acids is 2. The molecule has 3 amide bonds. The fourth-order valence-corrected chi connectivity index (χ4v) is 5.95. The fourth-order valence-electron chi connectivity index (χ4n) is 5.95. The van der Waals surface area contributed by atoms with Gasteiger partial charge in [0.25, 0.3) is 5.91 Å². The minimum absolute atomic E-state index is 0.0729. The average Bonchev–Trinajstić information content (AvgIpc) is 3.37. The van der Waals surface area contributed by atoms with Crippen LogP contribution in [0.3, 0.4) is 0 Å². The molecule has 0 spiro atoms. The molecule has 2 aliphatic heterocycles. The predicted octanol–water partition coefficient (Wildman–Crippen LogP) is 3.60. The molecule has 3 aromatic rings. The zero-order chi connectivity index (χ0) is 28.9. The smallest absolute Gasteiger partial charge is 0.407 e. The molecule has 10 nitrogen and oxygen atoms in total. The first-order valence-corrected chi connectivity index (χ1v) is 14.5. The lowest BCUT2D eigenvalue weighted by atomic mass is 9.91. The topological polar surface area (TPSA) is 108 Å². The van der Waals surface area contributed by atoms with Crippen LogP contribution in [0.2, 0.25) is 0 Å². The van der Waals surface area contributed by atoms with E-state index in [0.29, 0.717) is 51.6 Å². The number of hydrogen-bond donors (Lipinski definition) is 1. The lowest BCUT2D eigenvalue weighted by molar-refractivity contribution is -0.142. The van der Waals surface area contributed by atoms with Gasteiger partial charge in [-0.2, -0.15) is 0 Å². The van der Waals surface area contributed by atoms with Gasteiger partial charge in [-0.15, -0.1) is 0 Å². The van der Waals surface area contributed by atoms with E-state index in [1.807, 2.05) is 60.9 Å². The van der Waals surface area contributed by atoms with Crippen LogP contribution in [0.15, 0.2) is 54.6 Å². The molecule has 3 heterocycles. The number of aromatic nitrogens is 2. The third kappa shape index (κ3) is 6.53. The number of amides is 3. The number of fused-ring (bicyclic) bond motifs is 1. The number of carboxylic acid groups (broad SMARTS) is 1. The van der Waals surface area contributed by atoms with E-state index in [9.17, 15) is 19.5 Å². The molecule has 1 aromatic heterocycles. The largest absolute Gasteiger partial charge is 0.465 e. The molecular formula is C31H39N5O5. The molecule has 0 unspecified atom stereocenters. The second-order valence-electron chi connectivity index (χ2n) is 11.4. The Morgan fingerprint density at radius 3 is 2.41 bits per heavy atom. The van der Waals surface area contributed by atoms with E-state index in [1.54, 1.807) is 9.80 Å². The van der Waals surface area contributed by atoms with Crippen LogP contribution in [0.25, 0.3) is 11.0 Å². The summed E-state index contributed by atoms with van der Waals surface area (Å²) in [5, 5.41) is 9.96. The van der Waals surface area contributed by atoms with Gasteiger partial charge >= 0.3 is 6.09 Å². The van der Waals surface area contributed by atoms with Gasteiger partial charge in [0.15, 0.2) is 5.82 Å². The van der Waals surface area contributed by atoms with Crippen LogP contribution in [0.5, 0.6) is 0 Å². The lowest BCUT2D eigenvalue weighted by Gasteiger charge is -2.43. The van der Waals surface area contributed by atoms with Gasteiger partial charge in [0.05, 0.1) is 36.2 Å². The summed E-state index contributed by atoms with van der Waals surface area (Å²) in [6.07, 6.45) is 0.0576. The summed E-state index contributed by atoms with van der Waals surface area (Å²) >= 11 is 0. The van der Waals surface area contributed by atoms with E-state index in [0.717, 1.165) is 23.0 Å². The number of aryl methyl sites for hydroxylation is 2. The minimum atomic E-state index is -1.08. The molecule has 2 aromatic carbocycles. The second-order valence-corrected chi connectivity index (χ2v) is 11.4. The Balaban J connectivity index is 1.46. The summed E-state index contributed by atoms with van der Waals surface area (Å²) in [5.41, 5.74) is 2.79. The molecule has 0 aliphatic carbocycles. The first kappa shape index (κ1) is 28.6. The summed E-state index contributed by atoms with van der Waals surface area (Å²) < 4.78 is 7.38. The van der Waals surface area contributed by atoms with Crippen molar-refractivity contribution in [3.05, 3.63) is 66.0 Å². The standard InChI is InChI=1S/C31H39N5O5/c1-22(2)19-36(25-18-24(20-34(21-25)31(39)40)29(37)33-14-16-41-17-15-33)30(38)28-32-26-10-6-7-11-27(26)35(28)13-12-23-8-4-3-5-9-23/h3-11,22,24-25H,12-21H2,1-2H3,(H,39,40)/t24-,25+/m1/s1. The van der Waals surface area contributed by atoms with Crippen LogP contribution >= 0.6 is 0 Å². The van der Waals surface area contributed by atoms with Gasteiger partial charge in [-0.25, -0.2) is 9.78 Å². The highest BCUT2D eigenvalue weighted by molar-refractivity contribution is 5.95. The van der Waals surface area contributed by atoms with Crippen molar-refractivity contribution >= 4 is 28.9 Å². The molecule has 2 atom stereocenters. The lowest BCUT2D eigenvalue weighted by Crippen LogP contribution is -2.58. The monoisotopic (exact) mass is 561 g/mol. The predicted molar refractivity (Wildman–Crippen MR) is 155 cm³/mol. The van der Waals surface area contributed by atoms with Crippen molar-refractivity contribution in [1.82, 2.24) is 24.3 Å². The van der Waals surface area contributed by atoms with Crippen LogP contribution < -0.4 is 0 Å². The van der Waals surface area contributed by atoms with Crippen LogP contribution in [-0.2, 0) is 22.5 Å². The van der Waals surface area contributed by atoms with Crippen LogP contribution in [-0.4, -0.2) is 99.2 Å². The van der Waals surface area contributed by atoms with Gasteiger partial charge < -0.3 is 29.1 Å². The molecule has 0 saturated carbocycles. The Morgan fingerprint density at radius 1 is 1.00 bits per heavy atom. The number of nitrogens with zero attached hydrogens (tertiary/aromatic N) is 5. The number of morpholine rings is 1. The number of hydrogen-bond acceptors (Lipinski definition) is 5. The Labute approximate surface area is 240 Å². The van der Waals surface area contributed by atoms with Gasteiger partial charge in [-0.3, -0.25) is 9.59 Å². The van der Waals surface area contributed by atoms with Gasteiger partial charge in [0.2, 0.25) is 5.91 Å². The van der Waals surface area contributed by atoms with Crippen LogP contribution in [0.4, 0.5) is 4.79 Å². The maximum Gasteiger partial charge on any atom is 0.407 e. The highest BCUT2D eigenvalue weighted by atomic mass is 16.5. The first-order chi connectivity index (χ1) is 19.8. The second kappa shape index (κ2) is 12.7. The maximum absolute atomic E-state index is 14.4. The molecule has 1 N–H and O–H groups in total. The normalized spacial score (nSPS) is 19.5. The Hall–Kier alpha value is -3.92. The van der Waals surface area contributed by atoms with Crippen molar-refractivity contribution in [1.29, 1.82) is 0 Å². The number of para-hydroxylation sites is 2. The number of rotatable bonds is 8. The average molecular weight is 562 g/mol. The van der Waals surface area contributed by atoms with E-state index < -0.39 is 18.1 Å². The molecule has 2 aliphatic rings. The van der Waals surface area contributed by atoms with Crippen molar-refractivity contribution in [3.8, 4) is 0 Å². The quantitative estimate of drug-likeness (QED) is 0.450. The Morgan fingerprint density at radius 2 is 1.71 bits per heavy atom. The number of ether oxygens (including phenoxy) is 1. The molecule has 218 valence electrons. The van der Waals surface area contributed by atoms with E-state index in [1.165, 1.54) is 4.90 Å². The van der Waals surface area contributed by atoms with E-state index in [2.05, 4.69) is 12.1 Å². The summed E-state index contributed by atoms with van der Waals surface area (Å²) in [6, 6.07) is 17.4. The number of carbonyl (C=O) groups is 3. The summed E-state index contributed by atoms with van der Waals surface area (Å²) in [5.74, 6) is -0.364. The molecule has 10 heteroatoms. The molecule has 41 heavy (non-hydrogen) atoms. The third-order valence-electron chi connectivity index (χ3n) is 7.95. The highest BCUT2D eigenvalue weighted by Gasteiger charge is 2.40.